The number of esters is 2. The Kier molecular flexibility index (Phi) is 37.7. The summed E-state index contributed by atoms with van der Waals surface area (Å²) in [5.41, 5.74) is 0. The van der Waals surface area contributed by atoms with Crippen LogP contribution in [-0.4, -0.2) is 80.6 Å². The van der Waals surface area contributed by atoms with Crippen LogP contribution >= 0.6 is 0 Å². The molecule has 0 radical (unpaired) electrons. The zero-order valence-electron chi connectivity index (χ0n) is 37.6. The second kappa shape index (κ2) is 41.0. The zero-order valence-corrected chi connectivity index (χ0v) is 37.6. The first kappa shape index (κ1) is 55.2. The molecule has 0 heterocycles. The number of rotatable bonds is 36. The van der Waals surface area contributed by atoms with Gasteiger partial charge in [-0.15, -0.1) is 0 Å². The Morgan fingerprint density at radius 1 is 0.517 bits per heavy atom. The van der Waals surface area contributed by atoms with Crippen molar-refractivity contribution in [3.05, 3.63) is 146 Å². The molecule has 2 atom stereocenters. The Hall–Kier alpha value is -4.79. The molecule has 0 bridgehead atoms. The van der Waals surface area contributed by atoms with Crippen molar-refractivity contribution in [1.29, 1.82) is 0 Å². The first-order valence-electron chi connectivity index (χ1n) is 22.0. The number of likely N-dealkylation sites (N-methyl/N-ethyl adjacent to an activating group) is 1. The van der Waals surface area contributed by atoms with Gasteiger partial charge in [0.05, 0.1) is 34.4 Å². The van der Waals surface area contributed by atoms with Gasteiger partial charge in [-0.2, -0.15) is 0 Å². The second-order valence-corrected chi connectivity index (χ2v) is 15.0. The highest BCUT2D eigenvalue weighted by Crippen LogP contribution is 2.11. The summed E-state index contributed by atoms with van der Waals surface area (Å²) < 4.78 is 17.2. The number of quaternary nitrogens is 1. The van der Waals surface area contributed by atoms with E-state index in [1.54, 1.807) is 0 Å². The lowest BCUT2D eigenvalue weighted by Gasteiger charge is -2.31. The molecule has 8 heteroatoms. The standard InChI is InChI=1S/C52H77NO7/c1-6-8-10-12-14-16-18-20-22-24-25-27-28-30-32-34-36-38-40-42-50(54)59-47-48(46-58-45-44-49(52(56)57)53(3,4)5)60-51(55)43-41-39-37-35-33-31-29-26-23-21-19-17-15-13-11-9-7-2/h8-12,14-18,20-25,27-32,35,37,48-49H,6-7,13,19,26,33-34,36,38-47H2,1-5H3/p+1/b10-8+,11-9+,14-12+,17-15+,18-16+,22-20+,23-21+,25-24+,28-27+,31-29+,32-30+,37-35+. The molecule has 0 aromatic rings. The van der Waals surface area contributed by atoms with Gasteiger partial charge in [0.15, 0.2) is 12.1 Å². The number of aliphatic carboxylic acids is 1. The lowest BCUT2D eigenvalue weighted by molar-refractivity contribution is -0.887. The molecule has 332 valence electrons. The average Bonchev–Trinajstić information content (AvgIpc) is 3.21. The number of nitrogens with zero attached hydrogens (tertiary/aromatic N) is 1. The van der Waals surface area contributed by atoms with Crippen LogP contribution in [0.15, 0.2) is 146 Å². The van der Waals surface area contributed by atoms with Crippen LogP contribution in [0.2, 0.25) is 0 Å². The Morgan fingerprint density at radius 2 is 0.983 bits per heavy atom. The Morgan fingerprint density at radius 3 is 1.50 bits per heavy atom. The molecule has 0 fully saturated rings. The number of carbonyl (C=O) groups excluding carboxylic acids is 2. The Bertz CT molecular complexity index is 1480. The van der Waals surface area contributed by atoms with E-state index in [2.05, 4.69) is 86.8 Å². The zero-order chi connectivity index (χ0) is 44.2. The fourth-order valence-corrected chi connectivity index (χ4v) is 5.34. The first-order valence-corrected chi connectivity index (χ1v) is 22.0. The average molecular weight is 829 g/mol. The predicted molar refractivity (Wildman–Crippen MR) is 251 cm³/mol. The first-order chi connectivity index (χ1) is 29.1. The van der Waals surface area contributed by atoms with Crippen molar-refractivity contribution in [2.45, 2.75) is 122 Å². The van der Waals surface area contributed by atoms with Crippen molar-refractivity contribution >= 4 is 17.9 Å². The number of hydrogen-bond acceptors (Lipinski definition) is 6. The number of carboxylic acid groups (broad SMARTS) is 1. The lowest BCUT2D eigenvalue weighted by atomic mass is 10.1. The molecule has 0 saturated heterocycles. The summed E-state index contributed by atoms with van der Waals surface area (Å²) in [4.78, 5) is 37.0. The van der Waals surface area contributed by atoms with Crippen LogP contribution < -0.4 is 0 Å². The molecule has 0 saturated carbocycles. The van der Waals surface area contributed by atoms with E-state index in [0.29, 0.717) is 19.3 Å². The Balaban J connectivity index is 4.59. The number of allylic oxidation sites excluding steroid dienone is 24. The van der Waals surface area contributed by atoms with Gasteiger partial charge < -0.3 is 23.8 Å². The van der Waals surface area contributed by atoms with Gasteiger partial charge in [-0.25, -0.2) is 4.79 Å². The van der Waals surface area contributed by atoms with Gasteiger partial charge in [-0.05, 0) is 70.6 Å². The van der Waals surface area contributed by atoms with E-state index in [4.69, 9.17) is 14.2 Å². The van der Waals surface area contributed by atoms with E-state index in [0.717, 1.165) is 64.2 Å². The third-order valence-corrected chi connectivity index (χ3v) is 8.68. The van der Waals surface area contributed by atoms with Gasteiger partial charge >= 0.3 is 17.9 Å². The molecule has 60 heavy (non-hydrogen) atoms. The van der Waals surface area contributed by atoms with Crippen LogP contribution in [0.3, 0.4) is 0 Å². The third-order valence-electron chi connectivity index (χ3n) is 8.68. The largest absolute Gasteiger partial charge is 0.477 e. The van der Waals surface area contributed by atoms with Gasteiger partial charge in [0.25, 0.3) is 0 Å². The van der Waals surface area contributed by atoms with Crippen LogP contribution in [-0.2, 0) is 28.6 Å². The van der Waals surface area contributed by atoms with Gasteiger partial charge in [0, 0.05) is 19.3 Å². The minimum atomic E-state index is -0.899. The number of carbonyl (C=O) groups is 3. The van der Waals surface area contributed by atoms with Crippen LogP contribution in [0.4, 0.5) is 0 Å². The molecule has 0 amide bonds. The third kappa shape index (κ3) is 38.7. The smallest absolute Gasteiger partial charge is 0.362 e. The molecule has 0 rings (SSSR count). The van der Waals surface area contributed by atoms with Crippen LogP contribution in [0.1, 0.15) is 110 Å². The van der Waals surface area contributed by atoms with Gasteiger partial charge in [-0.1, -0.05) is 166 Å². The monoisotopic (exact) mass is 829 g/mol. The maximum absolute atomic E-state index is 12.7. The highest BCUT2D eigenvalue weighted by atomic mass is 16.6. The summed E-state index contributed by atoms with van der Waals surface area (Å²) in [6.45, 7) is 4.32. The number of ether oxygens (including phenoxy) is 3. The predicted octanol–water partition coefficient (Wildman–Crippen LogP) is 12.2. The molecular formula is C52H78NO7+. The van der Waals surface area contributed by atoms with Crippen molar-refractivity contribution < 1.29 is 38.2 Å². The molecule has 1 N–H and O–H groups in total. The summed E-state index contributed by atoms with van der Waals surface area (Å²) in [7, 11) is 5.47. The summed E-state index contributed by atoms with van der Waals surface area (Å²) in [5, 5.41) is 9.62. The van der Waals surface area contributed by atoms with Crippen LogP contribution in [0.5, 0.6) is 0 Å². The maximum atomic E-state index is 12.7. The molecule has 0 spiro atoms. The Labute approximate surface area is 364 Å². The molecular weight excluding hydrogens is 751 g/mol. The summed E-state index contributed by atoms with van der Waals surface area (Å²) >= 11 is 0. The van der Waals surface area contributed by atoms with Gasteiger partial charge in [0.1, 0.15) is 6.61 Å². The maximum Gasteiger partial charge on any atom is 0.362 e. The van der Waals surface area contributed by atoms with Crippen LogP contribution in [0, 0.1) is 0 Å². The molecule has 0 aromatic heterocycles. The van der Waals surface area contributed by atoms with Gasteiger partial charge in [0.2, 0.25) is 0 Å². The number of carboxylic acids is 1. The summed E-state index contributed by atoms with van der Waals surface area (Å²) in [6, 6.07) is -0.643. The second-order valence-electron chi connectivity index (χ2n) is 15.0. The topological polar surface area (TPSA) is 99.1 Å². The van der Waals surface area contributed by atoms with Crippen molar-refractivity contribution in [3.8, 4) is 0 Å². The molecule has 2 unspecified atom stereocenters. The SMILES string of the molecule is CC/C=C/C=C/C=C/C=C/C=C/C=C/C=C/CCCCCC(=O)OCC(COCCC(C(=O)O)[N+](C)(C)C)OC(=O)CCC/C=C/C/C=C/C/C=C/C/C=C/C/C=C/CC. The lowest BCUT2D eigenvalue weighted by Crippen LogP contribution is -2.50. The van der Waals surface area contributed by atoms with E-state index in [9.17, 15) is 19.5 Å². The quantitative estimate of drug-likeness (QED) is 0.0221. The molecule has 0 aliphatic rings. The highest BCUT2D eigenvalue weighted by Gasteiger charge is 2.31. The minimum Gasteiger partial charge on any atom is -0.477 e. The fraction of sp³-hybridized carbons (Fsp3) is 0.481. The van der Waals surface area contributed by atoms with E-state index in [1.165, 1.54) is 0 Å². The van der Waals surface area contributed by atoms with E-state index >= 15 is 0 Å². The molecule has 8 nitrogen and oxygen atoms in total. The molecule has 0 aromatic carbocycles. The normalized spacial score (nSPS) is 14.3. The number of unbranched alkanes of at least 4 members (excludes halogenated alkanes) is 4. The van der Waals surface area contributed by atoms with Crippen LogP contribution in [0.25, 0.3) is 0 Å². The van der Waals surface area contributed by atoms with Gasteiger partial charge in [-0.3, -0.25) is 9.59 Å². The summed E-state index contributed by atoms with van der Waals surface area (Å²) in [6.07, 6.45) is 60.4. The molecule has 0 aliphatic carbocycles. The number of hydrogen-bond donors (Lipinski definition) is 1. The minimum absolute atomic E-state index is 0.0110. The van der Waals surface area contributed by atoms with Crippen molar-refractivity contribution in [2.75, 3.05) is 41.0 Å². The van der Waals surface area contributed by atoms with E-state index in [1.807, 2.05) is 94.1 Å². The van der Waals surface area contributed by atoms with Crippen molar-refractivity contribution in [1.82, 2.24) is 0 Å². The van der Waals surface area contributed by atoms with E-state index in [-0.39, 0.29) is 49.1 Å². The fourth-order valence-electron chi connectivity index (χ4n) is 5.34. The summed E-state index contributed by atoms with van der Waals surface area (Å²) in [5.74, 6) is -1.63. The highest BCUT2D eigenvalue weighted by molar-refractivity contribution is 5.72. The van der Waals surface area contributed by atoms with Crippen molar-refractivity contribution in [3.63, 3.8) is 0 Å². The van der Waals surface area contributed by atoms with Crippen molar-refractivity contribution in [2.24, 2.45) is 0 Å². The van der Waals surface area contributed by atoms with E-state index < -0.39 is 18.1 Å². The molecule has 0 aliphatic heterocycles.